The average Bonchev–Trinajstić information content (AvgIpc) is 3.02. The maximum absolute atomic E-state index is 4.58. The Morgan fingerprint density at radius 3 is 2.67 bits per heavy atom. The molecule has 21 heavy (non-hydrogen) atoms. The number of hydrogen-bond donors (Lipinski definition) is 1. The molecule has 0 amide bonds. The van der Waals surface area contributed by atoms with Crippen LogP contribution in [0.15, 0.2) is 55.1 Å². The summed E-state index contributed by atoms with van der Waals surface area (Å²) in [6, 6.07) is 12.2. The van der Waals surface area contributed by atoms with E-state index < -0.39 is 0 Å². The molecule has 0 aliphatic carbocycles. The van der Waals surface area contributed by atoms with E-state index in [1.54, 1.807) is 6.33 Å². The Morgan fingerprint density at radius 2 is 1.67 bits per heavy atom. The van der Waals surface area contributed by atoms with E-state index in [4.69, 9.17) is 0 Å². The number of nitrogens with one attached hydrogen (secondary N) is 1. The second-order valence-corrected chi connectivity index (χ2v) is 5.12. The number of hydrogen-bond acceptors (Lipinski definition) is 3. The number of nitrogens with zero attached hydrogens (tertiary/aromatic N) is 3. The Labute approximate surface area is 119 Å². The van der Waals surface area contributed by atoms with Crippen LogP contribution in [0.1, 0.15) is 0 Å². The van der Waals surface area contributed by atoms with Gasteiger partial charge in [-0.2, -0.15) is 0 Å². The van der Waals surface area contributed by atoms with E-state index in [2.05, 4.69) is 38.1 Å². The molecule has 5 aromatic rings. The van der Waals surface area contributed by atoms with Gasteiger partial charge in [0.25, 0.3) is 0 Å². The molecule has 4 nitrogen and oxygen atoms in total. The molecule has 3 heterocycles. The standard InChI is InChI=1S/C17H10N4/c1-2-10-3-5-12-15(16(10)18-7-1)14-11(8-19-12)4-6-13-17(14)21-9-20-13/h1-9H,(H,20,21). The normalized spacial score (nSPS) is 11.8. The number of fused-ring (bicyclic) bond motifs is 7. The Bertz CT molecular complexity index is 1140. The lowest BCUT2D eigenvalue weighted by Gasteiger charge is -2.07. The number of rotatable bonds is 0. The summed E-state index contributed by atoms with van der Waals surface area (Å²) in [6.07, 6.45) is 5.47. The third-order valence-electron chi connectivity index (χ3n) is 3.97. The van der Waals surface area contributed by atoms with E-state index >= 15 is 0 Å². The van der Waals surface area contributed by atoms with Crippen LogP contribution >= 0.6 is 0 Å². The number of aromatic amines is 1. The number of imidazole rings is 1. The van der Waals surface area contributed by atoms with Gasteiger partial charge in [0, 0.05) is 33.9 Å². The van der Waals surface area contributed by atoms with Crippen molar-refractivity contribution in [3.8, 4) is 0 Å². The van der Waals surface area contributed by atoms with Crippen molar-refractivity contribution in [2.24, 2.45) is 0 Å². The van der Waals surface area contributed by atoms with Crippen LogP contribution in [0.2, 0.25) is 0 Å². The fourth-order valence-electron chi connectivity index (χ4n) is 3.03. The zero-order valence-corrected chi connectivity index (χ0v) is 11.0. The Hall–Kier alpha value is -3.01. The van der Waals surface area contributed by atoms with Gasteiger partial charge in [-0.25, -0.2) is 4.98 Å². The van der Waals surface area contributed by atoms with Gasteiger partial charge in [0.1, 0.15) is 0 Å². The molecular formula is C17H10N4. The van der Waals surface area contributed by atoms with Crippen LogP contribution in [0.25, 0.3) is 43.6 Å². The smallest absolute Gasteiger partial charge is 0.0932 e. The predicted molar refractivity (Wildman–Crippen MR) is 84.2 cm³/mol. The van der Waals surface area contributed by atoms with E-state index in [1.807, 2.05) is 30.6 Å². The number of benzene rings is 2. The van der Waals surface area contributed by atoms with Gasteiger partial charge in [-0.3, -0.25) is 9.97 Å². The second-order valence-electron chi connectivity index (χ2n) is 5.12. The first kappa shape index (κ1) is 10.7. The molecule has 4 heteroatoms. The lowest BCUT2D eigenvalue weighted by atomic mass is 10.0. The first-order chi connectivity index (χ1) is 10.4. The number of aromatic nitrogens is 4. The SMILES string of the molecule is c1cnc2c(c1)ccc1ncc3ccc4nc[nH]c4c3c12. The highest BCUT2D eigenvalue weighted by molar-refractivity contribution is 6.24. The van der Waals surface area contributed by atoms with Gasteiger partial charge >= 0.3 is 0 Å². The van der Waals surface area contributed by atoms with Crippen molar-refractivity contribution in [1.29, 1.82) is 0 Å². The van der Waals surface area contributed by atoms with Crippen molar-refractivity contribution in [1.82, 2.24) is 19.9 Å². The lowest BCUT2D eigenvalue weighted by Crippen LogP contribution is -1.87. The van der Waals surface area contributed by atoms with Crippen molar-refractivity contribution in [2.45, 2.75) is 0 Å². The average molecular weight is 270 g/mol. The minimum absolute atomic E-state index is 0.954. The molecule has 0 bridgehead atoms. The zero-order chi connectivity index (χ0) is 13.8. The fourth-order valence-corrected chi connectivity index (χ4v) is 3.03. The molecule has 0 atom stereocenters. The van der Waals surface area contributed by atoms with Crippen LogP contribution in [0, 0.1) is 0 Å². The molecule has 0 aliphatic heterocycles. The Balaban J connectivity index is 2.21. The minimum Gasteiger partial charge on any atom is -0.344 e. The zero-order valence-electron chi connectivity index (χ0n) is 11.0. The molecule has 0 spiro atoms. The van der Waals surface area contributed by atoms with Crippen molar-refractivity contribution in [3.63, 3.8) is 0 Å². The minimum atomic E-state index is 0.954. The van der Waals surface area contributed by atoms with Crippen molar-refractivity contribution in [3.05, 3.63) is 55.1 Å². The molecule has 0 saturated carbocycles. The molecule has 5 rings (SSSR count). The van der Waals surface area contributed by atoms with Gasteiger partial charge in [-0.05, 0) is 18.2 Å². The predicted octanol–water partition coefficient (Wildman–Crippen LogP) is 3.81. The first-order valence-electron chi connectivity index (χ1n) is 6.80. The third kappa shape index (κ3) is 1.36. The van der Waals surface area contributed by atoms with Gasteiger partial charge in [-0.15, -0.1) is 0 Å². The lowest BCUT2D eigenvalue weighted by molar-refractivity contribution is 1.35. The maximum Gasteiger partial charge on any atom is 0.0932 e. The van der Waals surface area contributed by atoms with Gasteiger partial charge in [0.15, 0.2) is 0 Å². The summed E-state index contributed by atoms with van der Waals surface area (Å²) in [5, 5.41) is 4.44. The van der Waals surface area contributed by atoms with Crippen LogP contribution in [0.4, 0.5) is 0 Å². The molecule has 0 radical (unpaired) electrons. The molecule has 2 aromatic carbocycles. The monoisotopic (exact) mass is 270 g/mol. The summed E-state index contributed by atoms with van der Waals surface area (Å²) in [5.74, 6) is 0. The third-order valence-corrected chi connectivity index (χ3v) is 3.97. The summed E-state index contributed by atoms with van der Waals surface area (Å²) in [7, 11) is 0. The highest BCUT2D eigenvalue weighted by Crippen LogP contribution is 2.33. The topological polar surface area (TPSA) is 54.5 Å². The van der Waals surface area contributed by atoms with Crippen LogP contribution in [0.3, 0.4) is 0 Å². The van der Waals surface area contributed by atoms with Gasteiger partial charge < -0.3 is 4.98 Å². The highest BCUT2D eigenvalue weighted by atomic mass is 14.9. The molecule has 98 valence electrons. The summed E-state index contributed by atoms with van der Waals surface area (Å²) < 4.78 is 0. The Morgan fingerprint density at radius 1 is 0.762 bits per heavy atom. The van der Waals surface area contributed by atoms with E-state index in [0.717, 1.165) is 43.6 Å². The molecular weight excluding hydrogens is 260 g/mol. The van der Waals surface area contributed by atoms with Crippen molar-refractivity contribution in [2.75, 3.05) is 0 Å². The maximum atomic E-state index is 4.58. The van der Waals surface area contributed by atoms with Gasteiger partial charge in [0.05, 0.1) is 28.4 Å². The molecule has 0 saturated heterocycles. The molecule has 1 N–H and O–H groups in total. The summed E-state index contributed by atoms with van der Waals surface area (Å²) in [5.41, 5.74) is 3.94. The summed E-state index contributed by atoms with van der Waals surface area (Å²) in [4.78, 5) is 16.8. The van der Waals surface area contributed by atoms with Crippen LogP contribution in [-0.2, 0) is 0 Å². The van der Waals surface area contributed by atoms with Crippen molar-refractivity contribution < 1.29 is 0 Å². The summed E-state index contributed by atoms with van der Waals surface area (Å²) >= 11 is 0. The summed E-state index contributed by atoms with van der Waals surface area (Å²) in [6.45, 7) is 0. The largest absolute Gasteiger partial charge is 0.344 e. The van der Waals surface area contributed by atoms with Crippen LogP contribution in [-0.4, -0.2) is 19.9 Å². The van der Waals surface area contributed by atoms with Crippen molar-refractivity contribution >= 4 is 43.6 Å². The second kappa shape index (κ2) is 3.76. The van der Waals surface area contributed by atoms with E-state index in [-0.39, 0.29) is 0 Å². The fraction of sp³-hybridized carbons (Fsp3) is 0. The van der Waals surface area contributed by atoms with Gasteiger partial charge in [0.2, 0.25) is 0 Å². The first-order valence-corrected chi connectivity index (χ1v) is 6.80. The molecule has 3 aromatic heterocycles. The van der Waals surface area contributed by atoms with Gasteiger partial charge in [-0.1, -0.05) is 18.2 Å². The Kier molecular flexibility index (Phi) is 1.92. The number of H-pyrrole nitrogens is 1. The van der Waals surface area contributed by atoms with Crippen LogP contribution in [0.5, 0.6) is 0 Å². The molecule has 0 fully saturated rings. The van der Waals surface area contributed by atoms with Crippen LogP contribution < -0.4 is 0 Å². The quantitative estimate of drug-likeness (QED) is 0.435. The molecule has 0 unspecified atom stereocenters. The number of pyridine rings is 2. The van der Waals surface area contributed by atoms with E-state index in [9.17, 15) is 0 Å². The molecule has 0 aliphatic rings. The van der Waals surface area contributed by atoms with E-state index in [0.29, 0.717) is 0 Å². The van der Waals surface area contributed by atoms with E-state index in [1.165, 1.54) is 0 Å². The highest BCUT2D eigenvalue weighted by Gasteiger charge is 2.11.